The van der Waals surface area contributed by atoms with Crippen molar-refractivity contribution < 1.29 is 13.2 Å². The number of aromatic nitrogens is 2. The van der Waals surface area contributed by atoms with Crippen LogP contribution in [0.5, 0.6) is 0 Å². The number of hydrogen-bond donors (Lipinski definition) is 1. The van der Waals surface area contributed by atoms with Crippen LogP contribution in [0.2, 0.25) is 0 Å². The van der Waals surface area contributed by atoms with Crippen molar-refractivity contribution in [2.45, 2.75) is 32.7 Å². The van der Waals surface area contributed by atoms with Crippen LogP contribution in [-0.2, 0) is 19.0 Å². The third-order valence-corrected chi connectivity index (χ3v) is 3.08. The van der Waals surface area contributed by atoms with Crippen molar-refractivity contribution in [2.24, 2.45) is 7.05 Å². The highest BCUT2D eigenvalue weighted by atomic mass is 19.2. The topological polar surface area (TPSA) is 29.9 Å². The second-order valence-electron chi connectivity index (χ2n) is 6.03. The predicted octanol–water partition coefficient (Wildman–Crippen LogP) is 3.75. The molecule has 0 saturated heterocycles. The minimum atomic E-state index is -1.46. The van der Waals surface area contributed by atoms with Crippen molar-refractivity contribution in [3.63, 3.8) is 0 Å². The fourth-order valence-electron chi connectivity index (χ4n) is 2.15. The van der Waals surface area contributed by atoms with E-state index in [1.807, 2.05) is 34.0 Å². The van der Waals surface area contributed by atoms with Gasteiger partial charge in [-0.05, 0) is 0 Å². The Morgan fingerprint density at radius 2 is 1.71 bits per heavy atom. The van der Waals surface area contributed by atoms with E-state index >= 15 is 0 Å². The van der Waals surface area contributed by atoms with Crippen molar-refractivity contribution in [1.29, 1.82) is 0 Å². The average Bonchev–Trinajstić information content (AvgIpc) is 2.74. The highest BCUT2D eigenvalue weighted by Gasteiger charge is 2.21. The molecule has 1 N–H and O–H groups in total. The Kier molecular flexibility index (Phi) is 3.98. The average molecular weight is 297 g/mol. The van der Waals surface area contributed by atoms with Gasteiger partial charge in [-0.2, -0.15) is 5.10 Å². The molecule has 0 aliphatic rings. The smallest absolute Gasteiger partial charge is 0.194 e. The molecule has 0 amide bonds. The summed E-state index contributed by atoms with van der Waals surface area (Å²) in [6, 6.07) is 1.87. The molecule has 2 rings (SSSR count). The second-order valence-corrected chi connectivity index (χ2v) is 6.03. The lowest BCUT2D eigenvalue weighted by molar-refractivity contribution is 0.447. The summed E-state index contributed by atoms with van der Waals surface area (Å²) in [5, 5.41) is 7.31. The first-order chi connectivity index (χ1) is 9.68. The molecular weight excluding hydrogens is 279 g/mol. The molecule has 0 fully saturated rings. The van der Waals surface area contributed by atoms with Crippen LogP contribution in [0.25, 0.3) is 0 Å². The number of halogens is 3. The van der Waals surface area contributed by atoms with Crippen molar-refractivity contribution >= 4 is 5.69 Å². The Morgan fingerprint density at radius 1 is 1.14 bits per heavy atom. The summed E-state index contributed by atoms with van der Waals surface area (Å²) >= 11 is 0. The number of nitrogens with zero attached hydrogens (tertiary/aromatic N) is 2. The number of aryl methyl sites for hydroxylation is 1. The fraction of sp³-hybridized carbons (Fsp3) is 0.400. The van der Waals surface area contributed by atoms with E-state index in [1.165, 1.54) is 0 Å². The van der Waals surface area contributed by atoms with E-state index < -0.39 is 17.5 Å². The fourth-order valence-corrected chi connectivity index (χ4v) is 2.15. The minimum Gasteiger partial charge on any atom is -0.381 e. The zero-order chi connectivity index (χ0) is 15.8. The predicted molar refractivity (Wildman–Crippen MR) is 75.6 cm³/mol. The molecule has 1 heterocycles. The molecule has 0 atom stereocenters. The third-order valence-electron chi connectivity index (χ3n) is 3.08. The van der Waals surface area contributed by atoms with Gasteiger partial charge in [-0.1, -0.05) is 20.8 Å². The Bertz CT molecular complexity index is 634. The van der Waals surface area contributed by atoms with E-state index in [4.69, 9.17) is 0 Å². The molecule has 0 saturated carbocycles. The van der Waals surface area contributed by atoms with Gasteiger partial charge in [-0.25, -0.2) is 13.2 Å². The molecule has 0 unspecified atom stereocenters. The summed E-state index contributed by atoms with van der Waals surface area (Å²) in [5.41, 5.74) is 1.88. The lowest BCUT2D eigenvalue weighted by Crippen LogP contribution is -2.16. The van der Waals surface area contributed by atoms with Gasteiger partial charge in [-0.3, -0.25) is 4.68 Å². The summed E-state index contributed by atoms with van der Waals surface area (Å²) in [5.74, 6) is -3.88. The third kappa shape index (κ3) is 3.37. The Hall–Kier alpha value is -1.98. The number of benzene rings is 1. The standard InChI is InChI=1S/C15H18F3N3/c1-15(2,3)14-9(8-21(4)20-14)7-19-10-5-11(16)13(18)12(17)6-10/h5-6,8,19H,7H2,1-4H3. The van der Waals surface area contributed by atoms with E-state index in [2.05, 4.69) is 10.4 Å². The van der Waals surface area contributed by atoms with Gasteiger partial charge >= 0.3 is 0 Å². The van der Waals surface area contributed by atoms with Crippen LogP contribution < -0.4 is 5.32 Å². The highest BCUT2D eigenvalue weighted by molar-refractivity contribution is 5.45. The van der Waals surface area contributed by atoms with E-state index in [9.17, 15) is 13.2 Å². The highest BCUT2D eigenvalue weighted by Crippen LogP contribution is 2.25. The van der Waals surface area contributed by atoms with Crippen LogP contribution in [0.15, 0.2) is 18.3 Å². The van der Waals surface area contributed by atoms with E-state index in [-0.39, 0.29) is 11.1 Å². The number of nitrogens with one attached hydrogen (secondary N) is 1. The zero-order valence-corrected chi connectivity index (χ0v) is 12.5. The quantitative estimate of drug-likeness (QED) is 0.875. The molecule has 0 radical (unpaired) electrons. The normalized spacial score (nSPS) is 11.8. The molecule has 0 bridgehead atoms. The summed E-state index contributed by atoms with van der Waals surface area (Å²) in [6.07, 6.45) is 1.85. The second kappa shape index (κ2) is 5.42. The van der Waals surface area contributed by atoms with E-state index in [1.54, 1.807) is 4.68 Å². The molecule has 6 heteroatoms. The molecule has 114 valence electrons. The molecular formula is C15H18F3N3. The van der Waals surface area contributed by atoms with Crippen LogP contribution in [0.4, 0.5) is 18.9 Å². The molecule has 0 aliphatic carbocycles. The number of anilines is 1. The number of rotatable bonds is 3. The van der Waals surface area contributed by atoms with Gasteiger partial charge in [-0.15, -0.1) is 0 Å². The van der Waals surface area contributed by atoms with Crippen LogP contribution in [0.3, 0.4) is 0 Å². The first kappa shape index (κ1) is 15.4. The Morgan fingerprint density at radius 3 is 2.24 bits per heavy atom. The van der Waals surface area contributed by atoms with Crippen molar-refractivity contribution in [1.82, 2.24) is 9.78 Å². The minimum absolute atomic E-state index is 0.141. The summed E-state index contributed by atoms with van der Waals surface area (Å²) in [7, 11) is 1.82. The molecule has 2 aromatic rings. The van der Waals surface area contributed by atoms with E-state index in [0.29, 0.717) is 6.54 Å². The summed E-state index contributed by atoms with van der Waals surface area (Å²) in [4.78, 5) is 0. The van der Waals surface area contributed by atoms with Gasteiger partial charge in [0, 0.05) is 48.6 Å². The van der Waals surface area contributed by atoms with Crippen molar-refractivity contribution in [3.05, 3.63) is 47.0 Å². The number of hydrogen-bond acceptors (Lipinski definition) is 2. The monoisotopic (exact) mass is 297 g/mol. The van der Waals surface area contributed by atoms with E-state index in [0.717, 1.165) is 23.4 Å². The lowest BCUT2D eigenvalue weighted by atomic mass is 9.89. The van der Waals surface area contributed by atoms with Crippen molar-refractivity contribution in [3.8, 4) is 0 Å². The summed E-state index contributed by atoms with van der Waals surface area (Å²) in [6.45, 7) is 6.47. The zero-order valence-electron chi connectivity index (χ0n) is 12.5. The van der Waals surface area contributed by atoms with Crippen LogP contribution in [-0.4, -0.2) is 9.78 Å². The largest absolute Gasteiger partial charge is 0.381 e. The maximum Gasteiger partial charge on any atom is 0.194 e. The Balaban J connectivity index is 2.21. The lowest BCUT2D eigenvalue weighted by Gasteiger charge is -2.18. The van der Waals surface area contributed by atoms with Gasteiger partial charge in [0.25, 0.3) is 0 Å². The van der Waals surface area contributed by atoms with Crippen LogP contribution in [0, 0.1) is 17.5 Å². The first-order valence-corrected chi connectivity index (χ1v) is 6.60. The molecule has 0 aliphatic heterocycles. The van der Waals surface area contributed by atoms with Gasteiger partial charge < -0.3 is 5.32 Å². The van der Waals surface area contributed by atoms with Gasteiger partial charge in [0.05, 0.1) is 5.69 Å². The molecule has 3 nitrogen and oxygen atoms in total. The van der Waals surface area contributed by atoms with Gasteiger partial charge in [0.15, 0.2) is 17.5 Å². The van der Waals surface area contributed by atoms with Gasteiger partial charge in [0.2, 0.25) is 0 Å². The van der Waals surface area contributed by atoms with Crippen molar-refractivity contribution in [2.75, 3.05) is 5.32 Å². The van der Waals surface area contributed by atoms with Crippen LogP contribution >= 0.6 is 0 Å². The maximum atomic E-state index is 13.2. The van der Waals surface area contributed by atoms with Crippen LogP contribution in [0.1, 0.15) is 32.0 Å². The maximum absolute atomic E-state index is 13.2. The molecule has 21 heavy (non-hydrogen) atoms. The first-order valence-electron chi connectivity index (χ1n) is 6.60. The molecule has 0 spiro atoms. The Labute approximate surface area is 121 Å². The van der Waals surface area contributed by atoms with Gasteiger partial charge in [0.1, 0.15) is 0 Å². The molecule has 1 aromatic heterocycles. The summed E-state index contributed by atoms with van der Waals surface area (Å²) < 4.78 is 40.9. The SMILES string of the molecule is Cn1cc(CNc2cc(F)c(F)c(F)c2)c(C(C)(C)C)n1. The molecule has 1 aromatic carbocycles.